The summed E-state index contributed by atoms with van der Waals surface area (Å²) >= 11 is 0. The van der Waals surface area contributed by atoms with Crippen LogP contribution in [0.4, 0.5) is 22.8 Å². The zero-order chi connectivity index (χ0) is 24.5. The molecule has 0 saturated carbocycles. The van der Waals surface area contributed by atoms with Gasteiger partial charge in [-0.15, -0.1) is 4.99 Å². The number of halogens is 3. The van der Waals surface area contributed by atoms with Gasteiger partial charge in [0.15, 0.2) is 0 Å². The van der Waals surface area contributed by atoms with Gasteiger partial charge in [0, 0.05) is 13.6 Å². The molecule has 0 bridgehead atoms. The van der Waals surface area contributed by atoms with Crippen LogP contribution in [-0.2, 0) is 15.7 Å². The lowest BCUT2D eigenvalue weighted by molar-refractivity contribution is -0.137. The van der Waals surface area contributed by atoms with Gasteiger partial charge in [-0.05, 0) is 65.3 Å². The molecule has 7 nitrogen and oxygen atoms in total. The number of amides is 2. The third-order valence-corrected chi connectivity index (χ3v) is 4.01. The minimum atomic E-state index is -4.49. The Balaban J connectivity index is 2.54. The third kappa shape index (κ3) is 6.73. The number of ether oxygens (including phenoxy) is 2. The second kappa shape index (κ2) is 8.84. The summed E-state index contributed by atoms with van der Waals surface area (Å²) in [5, 5.41) is 0. The lowest BCUT2D eigenvalue weighted by Crippen LogP contribution is -2.50. The Morgan fingerprint density at radius 2 is 1.47 bits per heavy atom. The van der Waals surface area contributed by atoms with Gasteiger partial charge >= 0.3 is 18.4 Å². The number of rotatable bonds is 1. The number of hydrogen-bond donors (Lipinski definition) is 0. The molecule has 1 heterocycles. The first-order valence-corrected chi connectivity index (χ1v) is 9.92. The predicted octanol–water partition coefficient (Wildman–Crippen LogP) is 5.52. The molecule has 1 aliphatic rings. The fourth-order valence-corrected chi connectivity index (χ4v) is 2.74. The summed E-state index contributed by atoms with van der Waals surface area (Å²) in [6, 6.07) is 4.35. The van der Waals surface area contributed by atoms with Gasteiger partial charge < -0.3 is 14.4 Å². The minimum absolute atomic E-state index is 0.0640. The number of guanidine groups is 1. The number of benzene rings is 1. The van der Waals surface area contributed by atoms with Gasteiger partial charge in [-0.25, -0.2) is 14.5 Å². The van der Waals surface area contributed by atoms with Gasteiger partial charge in [-0.1, -0.05) is 12.1 Å². The van der Waals surface area contributed by atoms with E-state index in [0.29, 0.717) is 5.56 Å². The molecule has 0 aliphatic carbocycles. The molecule has 0 radical (unpaired) electrons. The molecule has 1 aliphatic heterocycles. The van der Waals surface area contributed by atoms with E-state index in [2.05, 4.69) is 4.99 Å². The molecular weight excluding hydrogens is 427 g/mol. The van der Waals surface area contributed by atoms with Crippen LogP contribution in [0.1, 0.15) is 52.7 Å². The van der Waals surface area contributed by atoms with E-state index in [1.54, 1.807) is 54.7 Å². The second-order valence-corrected chi connectivity index (χ2v) is 9.25. The molecule has 1 aromatic rings. The summed E-state index contributed by atoms with van der Waals surface area (Å²) in [6.07, 6.45) is -4.60. The van der Waals surface area contributed by atoms with Gasteiger partial charge in [0.2, 0.25) is 5.96 Å². The third-order valence-electron chi connectivity index (χ3n) is 4.01. The Kier molecular flexibility index (Phi) is 6.96. The van der Waals surface area contributed by atoms with E-state index in [-0.39, 0.29) is 18.2 Å². The van der Waals surface area contributed by atoms with E-state index in [1.807, 2.05) is 0 Å². The van der Waals surface area contributed by atoms with Crippen LogP contribution in [-0.4, -0.2) is 52.7 Å². The first kappa shape index (κ1) is 25.2. The topological polar surface area (TPSA) is 71.4 Å². The fraction of sp³-hybridized carbons (Fsp3) is 0.500. The number of carbonyl (C=O) groups is 2. The monoisotopic (exact) mass is 455 g/mol. The second-order valence-electron chi connectivity index (χ2n) is 9.25. The van der Waals surface area contributed by atoms with Crippen molar-refractivity contribution in [2.24, 2.45) is 4.99 Å². The van der Waals surface area contributed by atoms with Crippen molar-refractivity contribution in [3.05, 3.63) is 41.5 Å². The lowest BCUT2D eigenvalue weighted by atomic mass is 10.1. The van der Waals surface area contributed by atoms with Crippen LogP contribution in [0.25, 0.3) is 5.70 Å². The zero-order valence-electron chi connectivity index (χ0n) is 19.2. The number of aliphatic imine (C=N–C) groups is 1. The standard InChI is InChI=1S/C22H28F3N3O4/c1-20(2,3)31-18(29)26-17-27(7)13-12-16(28(17)19(30)32-21(4,5)6)14-8-10-15(11-9-14)22(23,24)25/h8-12H,13H2,1-7H3/b26-17+. The van der Waals surface area contributed by atoms with Gasteiger partial charge in [0.05, 0.1) is 11.3 Å². The summed E-state index contributed by atoms with van der Waals surface area (Å²) < 4.78 is 49.6. The maximum atomic E-state index is 13.1. The molecular formula is C22H28F3N3O4. The highest BCUT2D eigenvalue weighted by atomic mass is 19.4. The molecule has 0 atom stereocenters. The van der Waals surface area contributed by atoms with E-state index in [1.165, 1.54) is 17.0 Å². The van der Waals surface area contributed by atoms with Crippen LogP contribution in [0.2, 0.25) is 0 Å². The van der Waals surface area contributed by atoms with Crippen molar-refractivity contribution >= 4 is 23.8 Å². The minimum Gasteiger partial charge on any atom is -0.443 e. The maximum absolute atomic E-state index is 13.1. The van der Waals surface area contributed by atoms with Crippen molar-refractivity contribution in [3.63, 3.8) is 0 Å². The Hall–Kier alpha value is -3.04. The van der Waals surface area contributed by atoms with E-state index < -0.39 is 35.1 Å². The highest BCUT2D eigenvalue weighted by Crippen LogP contribution is 2.32. The van der Waals surface area contributed by atoms with Crippen LogP contribution in [0, 0.1) is 0 Å². The highest BCUT2D eigenvalue weighted by Gasteiger charge is 2.36. The highest BCUT2D eigenvalue weighted by molar-refractivity contribution is 6.07. The smallest absolute Gasteiger partial charge is 0.437 e. The average Bonchev–Trinajstić information content (AvgIpc) is 2.59. The Labute approximate surface area is 185 Å². The van der Waals surface area contributed by atoms with Crippen LogP contribution in [0.15, 0.2) is 35.3 Å². The summed E-state index contributed by atoms with van der Waals surface area (Å²) in [5.41, 5.74) is -1.92. The van der Waals surface area contributed by atoms with Crippen LogP contribution < -0.4 is 0 Å². The molecule has 0 saturated heterocycles. The number of likely N-dealkylation sites (N-methyl/N-ethyl adjacent to an activating group) is 1. The van der Waals surface area contributed by atoms with E-state index in [9.17, 15) is 22.8 Å². The first-order chi connectivity index (χ1) is 14.5. The molecule has 0 N–H and O–H groups in total. The maximum Gasteiger partial charge on any atom is 0.437 e. The largest absolute Gasteiger partial charge is 0.443 e. The van der Waals surface area contributed by atoms with Crippen molar-refractivity contribution in [1.82, 2.24) is 9.80 Å². The Morgan fingerprint density at radius 1 is 0.938 bits per heavy atom. The predicted molar refractivity (Wildman–Crippen MR) is 114 cm³/mol. The first-order valence-electron chi connectivity index (χ1n) is 9.92. The van der Waals surface area contributed by atoms with Crippen molar-refractivity contribution in [2.45, 2.75) is 58.9 Å². The van der Waals surface area contributed by atoms with Crippen LogP contribution in [0.3, 0.4) is 0 Å². The molecule has 32 heavy (non-hydrogen) atoms. The Bertz CT molecular complexity index is 924. The summed E-state index contributed by atoms with van der Waals surface area (Å²) in [7, 11) is 1.61. The van der Waals surface area contributed by atoms with Crippen molar-refractivity contribution in [1.29, 1.82) is 0 Å². The zero-order valence-corrected chi connectivity index (χ0v) is 19.2. The van der Waals surface area contributed by atoms with Gasteiger partial charge in [-0.3, -0.25) is 0 Å². The van der Waals surface area contributed by atoms with Crippen molar-refractivity contribution < 1.29 is 32.2 Å². The lowest BCUT2D eigenvalue weighted by Gasteiger charge is -2.36. The summed E-state index contributed by atoms with van der Waals surface area (Å²) in [4.78, 5) is 32.0. The quantitative estimate of drug-likeness (QED) is 0.558. The molecule has 2 amide bonds. The molecule has 0 unspecified atom stereocenters. The molecule has 2 rings (SSSR count). The number of hydrogen-bond acceptors (Lipinski definition) is 4. The van der Waals surface area contributed by atoms with Crippen LogP contribution >= 0.6 is 0 Å². The van der Waals surface area contributed by atoms with Crippen molar-refractivity contribution in [3.8, 4) is 0 Å². The Morgan fingerprint density at radius 3 is 1.94 bits per heavy atom. The SMILES string of the molecule is CN1CC=C(c2ccc(C(F)(F)F)cc2)N(C(=O)OC(C)(C)C)/C1=N/C(=O)OC(C)(C)C. The molecule has 10 heteroatoms. The number of alkyl halides is 3. The number of carbonyl (C=O) groups excluding carboxylic acids is 2. The van der Waals surface area contributed by atoms with Gasteiger partial charge in [0.1, 0.15) is 11.2 Å². The van der Waals surface area contributed by atoms with Crippen molar-refractivity contribution in [2.75, 3.05) is 13.6 Å². The molecule has 0 spiro atoms. The van der Waals surface area contributed by atoms with Gasteiger partial charge in [-0.2, -0.15) is 13.2 Å². The molecule has 0 aromatic heterocycles. The van der Waals surface area contributed by atoms with Gasteiger partial charge in [0.25, 0.3) is 0 Å². The number of nitrogens with zero attached hydrogens (tertiary/aromatic N) is 3. The average molecular weight is 455 g/mol. The van der Waals surface area contributed by atoms with E-state index >= 15 is 0 Å². The molecule has 1 aromatic carbocycles. The van der Waals surface area contributed by atoms with Crippen LogP contribution in [0.5, 0.6) is 0 Å². The van der Waals surface area contributed by atoms with E-state index in [4.69, 9.17) is 9.47 Å². The summed E-state index contributed by atoms with van der Waals surface area (Å²) in [5.74, 6) is -0.0640. The fourth-order valence-electron chi connectivity index (χ4n) is 2.74. The van der Waals surface area contributed by atoms with E-state index in [0.717, 1.165) is 17.0 Å². The normalized spacial score (nSPS) is 16.7. The molecule has 176 valence electrons. The molecule has 0 fully saturated rings. The summed E-state index contributed by atoms with van der Waals surface area (Å²) in [6.45, 7) is 10.3.